The number of hydrogen-bond acceptors (Lipinski definition) is 5. The number of fused-ring (bicyclic) bond motifs is 2. The molecule has 168 valence electrons. The maximum atomic E-state index is 13.2. The number of piperazine rings is 1. The first-order valence-electron chi connectivity index (χ1n) is 11.3. The highest BCUT2D eigenvalue weighted by Gasteiger charge is 2.29. The highest BCUT2D eigenvalue weighted by molar-refractivity contribution is 7.89. The Bertz CT molecular complexity index is 1320. The molecule has 0 unspecified atom stereocenters. The largest absolute Gasteiger partial charge is 0.423 e. The lowest BCUT2D eigenvalue weighted by atomic mass is 9.92. The van der Waals surface area contributed by atoms with Crippen molar-refractivity contribution in [2.45, 2.75) is 44.0 Å². The summed E-state index contributed by atoms with van der Waals surface area (Å²) in [5.41, 5.74) is 4.67. The molecule has 1 aliphatic heterocycles. The molecule has 5 rings (SSSR count). The molecule has 6 nitrogen and oxygen atoms in total. The van der Waals surface area contributed by atoms with Gasteiger partial charge < -0.3 is 4.42 Å². The summed E-state index contributed by atoms with van der Waals surface area (Å²) in [6.45, 7) is 4.69. The Morgan fingerprint density at radius 3 is 2.44 bits per heavy atom. The van der Waals surface area contributed by atoms with Crippen LogP contribution in [0.25, 0.3) is 11.0 Å². The standard InChI is InChI=1S/C25H28N2O4S/c1-18-6-9-23-21(16-25(28)31-24(23)14-18)17-26-10-12-27(13-11-26)32(29,30)22-8-7-19-4-2-3-5-20(19)15-22/h6-9,14-16H,2-5,10-13,17H2,1H3. The molecule has 0 bridgehead atoms. The monoisotopic (exact) mass is 452 g/mol. The van der Waals surface area contributed by atoms with Gasteiger partial charge in [0.05, 0.1) is 4.90 Å². The van der Waals surface area contributed by atoms with Crippen molar-refractivity contribution in [3.8, 4) is 0 Å². The minimum absolute atomic E-state index is 0.355. The Morgan fingerprint density at radius 2 is 1.66 bits per heavy atom. The van der Waals surface area contributed by atoms with Crippen LogP contribution in [0.5, 0.6) is 0 Å². The third-order valence-electron chi connectivity index (χ3n) is 6.67. The fourth-order valence-electron chi connectivity index (χ4n) is 4.86. The first-order valence-corrected chi connectivity index (χ1v) is 12.7. The van der Waals surface area contributed by atoms with E-state index in [9.17, 15) is 13.2 Å². The van der Waals surface area contributed by atoms with Crippen molar-refractivity contribution in [3.05, 3.63) is 75.1 Å². The van der Waals surface area contributed by atoms with Crippen LogP contribution in [0.4, 0.5) is 0 Å². The van der Waals surface area contributed by atoms with Crippen LogP contribution < -0.4 is 5.63 Å². The average Bonchev–Trinajstić information content (AvgIpc) is 2.78. The van der Waals surface area contributed by atoms with Gasteiger partial charge in [0.25, 0.3) is 0 Å². The van der Waals surface area contributed by atoms with Gasteiger partial charge in [0.2, 0.25) is 10.0 Å². The molecule has 1 aromatic heterocycles. The summed E-state index contributed by atoms with van der Waals surface area (Å²) in [7, 11) is -3.50. The zero-order chi connectivity index (χ0) is 22.3. The van der Waals surface area contributed by atoms with Gasteiger partial charge in [0.1, 0.15) is 5.58 Å². The fraction of sp³-hybridized carbons (Fsp3) is 0.400. The topological polar surface area (TPSA) is 70.8 Å². The van der Waals surface area contributed by atoms with Gasteiger partial charge in [-0.25, -0.2) is 13.2 Å². The normalized spacial score (nSPS) is 18.0. The van der Waals surface area contributed by atoms with E-state index in [0.717, 1.165) is 35.8 Å². The van der Waals surface area contributed by atoms with Crippen molar-refractivity contribution in [1.29, 1.82) is 0 Å². The van der Waals surface area contributed by atoms with Crippen LogP contribution in [0.2, 0.25) is 0 Å². The molecule has 1 saturated heterocycles. The van der Waals surface area contributed by atoms with Crippen LogP contribution >= 0.6 is 0 Å². The van der Waals surface area contributed by atoms with Gasteiger partial charge in [0, 0.05) is 44.2 Å². The molecule has 0 N–H and O–H groups in total. The maximum absolute atomic E-state index is 13.2. The molecule has 0 saturated carbocycles. The number of sulfonamides is 1. The molecule has 2 heterocycles. The van der Waals surface area contributed by atoms with E-state index >= 15 is 0 Å². The third kappa shape index (κ3) is 4.12. The van der Waals surface area contributed by atoms with Crippen molar-refractivity contribution in [2.75, 3.05) is 26.2 Å². The third-order valence-corrected chi connectivity index (χ3v) is 8.56. The van der Waals surface area contributed by atoms with Crippen LogP contribution in [-0.4, -0.2) is 43.8 Å². The van der Waals surface area contributed by atoms with Gasteiger partial charge in [-0.2, -0.15) is 4.31 Å². The number of aryl methyl sites for hydroxylation is 3. The predicted molar refractivity (Wildman–Crippen MR) is 124 cm³/mol. The van der Waals surface area contributed by atoms with E-state index in [2.05, 4.69) is 4.90 Å². The minimum atomic E-state index is -3.50. The predicted octanol–water partition coefficient (Wildman–Crippen LogP) is 3.49. The van der Waals surface area contributed by atoms with E-state index in [1.54, 1.807) is 16.4 Å². The van der Waals surface area contributed by atoms with Gasteiger partial charge in [-0.15, -0.1) is 0 Å². The highest BCUT2D eigenvalue weighted by atomic mass is 32.2. The van der Waals surface area contributed by atoms with Crippen LogP contribution in [0.3, 0.4) is 0 Å². The fourth-order valence-corrected chi connectivity index (χ4v) is 6.33. The molecule has 2 aliphatic rings. The van der Waals surface area contributed by atoms with Crippen LogP contribution in [0.15, 0.2) is 56.6 Å². The Balaban J connectivity index is 1.30. The molecule has 0 spiro atoms. The molecule has 3 aromatic rings. The molecular formula is C25H28N2O4S. The minimum Gasteiger partial charge on any atom is -0.423 e. The van der Waals surface area contributed by atoms with Gasteiger partial charge in [-0.05, 0) is 73.1 Å². The molecule has 32 heavy (non-hydrogen) atoms. The van der Waals surface area contributed by atoms with Gasteiger partial charge in [-0.1, -0.05) is 18.2 Å². The van der Waals surface area contributed by atoms with Gasteiger partial charge in [-0.3, -0.25) is 4.90 Å². The average molecular weight is 453 g/mol. The lowest BCUT2D eigenvalue weighted by molar-refractivity contribution is 0.182. The molecule has 7 heteroatoms. The van der Waals surface area contributed by atoms with Gasteiger partial charge >= 0.3 is 5.63 Å². The lowest BCUT2D eigenvalue weighted by Gasteiger charge is -2.34. The summed E-state index contributed by atoms with van der Waals surface area (Å²) in [5.74, 6) is 0. The Morgan fingerprint density at radius 1 is 0.906 bits per heavy atom. The first-order chi connectivity index (χ1) is 15.4. The van der Waals surface area contributed by atoms with Crippen LogP contribution in [-0.2, 0) is 29.4 Å². The van der Waals surface area contributed by atoms with Crippen molar-refractivity contribution in [3.63, 3.8) is 0 Å². The molecule has 0 amide bonds. The van der Waals surface area contributed by atoms with E-state index in [0.29, 0.717) is 43.2 Å². The number of nitrogens with zero attached hydrogens (tertiary/aromatic N) is 2. The second-order valence-corrected chi connectivity index (χ2v) is 10.8. The van der Waals surface area contributed by atoms with E-state index in [1.165, 1.54) is 17.5 Å². The molecule has 0 radical (unpaired) electrons. The zero-order valence-corrected chi connectivity index (χ0v) is 19.2. The summed E-state index contributed by atoms with van der Waals surface area (Å²) >= 11 is 0. The van der Waals surface area contributed by atoms with E-state index in [-0.39, 0.29) is 5.63 Å². The van der Waals surface area contributed by atoms with Crippen LogP contribution in [0.1, 0.15) is 35.1 Å². The zero-order valence-electron chi connectivity index (χ0n) is 18.3. The number of rotatable bonds is 4. The summed E-state index contributed by atoms with van der Waals surface area (Å²) in [6.07, 6.45) is 4.31. The first kappa shape index (κ1) is 21.4. The second-order valence-electron chi connectivity index (χ2n) is 8.91. The van der Waals surface area contributed by atoms with Crippen molar-refractivity contribution < 1.29 is 12.8 Å². The van der Waals surface area contributed by atoms with Gasteiger partial charge in [0.15, 0.2) is 0 Å². The molecular weight excluding hydrogens is 424 g/mol. The van der Waals surface area contributed by atoms with E-state index in [4.69, 9.17) is 4.42 Å². The molecule has 1 aliphatic carbocycles. The van der Waals surface area contributed by atoms with Crippen molar-refractivity contribution in [1.82, 2.24) is 9.21 Å². The van der Waals surface area contributed by atoms with E-state index < -0.39 is 10.0 Å². The number of benzene rings is 2. The second kappa shape index (κ2) is 8.46. The Labute approximate surface area is 188 Å². The number of hydrogen-bond donors (Lipinski definition) is 0. The quantitative estimate of drug-likeness (QED) is 0.567. The summed E-state index contributed by atoms with van der Waals surface area (Å²) in [4.78, 5) is 14.6. The summed E-state index contributed by atoms with van der Waals surface area (Å²) in [6, 6.07) is 13.1. The van der Waals surface area contributed by atoms with Crippen LogP contribution in [0, 0.1) is 6.92 Å². The molecule has 2 aromatic carbocycles. The Kier molecular flexibility index (Phi) is 5.65. The highest BCUT2D eigenvalue weighted by Crippen LogP contribution is 2.27. The van der Waals surface area contributed by atoms with Crippen molar-refractivity contribution in [2.24, 2.45) is 0 Å². The molecule has 0 atom stereocenters. The maximum Gasteiger partial charge on any atom is 0.336 e. The SMILES string of the molecule is Cc1ccc2c(CN3CCN(S(=O)(=O)c4ccc5c(c4)CCCC5)CC3)cc(=O)oc2c1. The summed E-state index contributed by atoms with van der Waals surface area (Å²) in [5, 5.41) is 0.930. The lowest BCUT2D eigenvalue weighted by Crippen LogP contribution is -2.48. The summed E-state index contributed by atoms with van der Waals surface area (Å²) < 4.78 is 33.4. The smallest absolute Gasteiger partial charge is 0.336 e. The Hall–Kier alpha value is -2.48. The van der Waals surface area contributed by atoms with Crippen molar-refractivity contribution >= 4 is 21.0 Å². The van der Waals surface area contributed by atoms with E-state index in [1.807, 2.05) is 37.3 Å². The molecule has 1 fully saturated rings.